The van der Waals surface area contributed by atoms with Crippen LogP contribution in [0.5, 0.6) is 0 Å². The first-order chi connectivity index (χ1) is 9.38. The summed E-state index contributed by atoms with van der Waals surface area (Å²) in [7, 11) is 0. The van der Waals surface area contributed by atoms with Gasteiger partial charge in [-0.25, -0.2) is 4.79 Å². The lowest BCUT2D eigenvalue weighted by Crippen LogP contribution is -2.44. The molecule has 1 aromatic heterocycles. The van der Waals surface area contributed by atoms with E-state index in [2.05, 4.69) is 4.98 Å². The maximum absolute atomic E-state index is 11.9. The first kappa shape index (κ1) is 14.5. The van der Waals surface area contributed by atoms with Gasteiger partial charge in [0.25, 0.3) is 5.56 Å². The molecule has 1 aliphatic carbocycles. The van der Waals surface area contributed by atoms with Gasteiger partial charge in [0.05, 0.1) is 6.04 Å². The molecule has 1 heterocycles. The summed E-state index contributed by atoms with van der Waals surface area (Å²) in [6.07, 6.45) is 3.57. The van der Waals surface area contributed by atoms with Crippen molar-refractivity contribution >= 4 is 5.97 Å². The summed E-state index contributed by atoms with van der Waals surface area (Å²) in [6, 6.07) is -0.473. The number of carbonyl (C=O) groups is 1. The van der Waals surface area contributed by atoms with E-state index in [0.29, 0.717) is 18.4 Å². The number of nitrogens with zero attached hydrogens (tertiary/aromatic N) is 1. The van der Waals surface area contributed by atoms with Gasteiger partial charge in [0, 0.05) is 24.2 Å². The molecule has 0 bridgehead atoms. The summed E-state index contributed by atoms with van der Waals surface area (Å²) in [5.41, 5.74) is 5.70. The zero-order valence-corrected chi connectivity index (χ0v) is 11.3. The molecule has 3 atom stereocenters. The van der Waals surface area contributed by atoms with Crippen molar-refractivity contribution in [3.8, 4) is 0 Å². The minimum Gasteiger partial charge on any atom is -0.481 e. The number of H-pyrrole nitrogens is 1. The number of carboxylic acids is 1. The van der Waals surface area contributed by atoms with Gasteiger partial charge in [-0.1, -0.05) is 0 Å². The Hall–Kier alpha value is -1.89. The summed E-state index contributed by atoms with van der Waals surface area (Å²) in [5, 5.41) is 8.81. The molecule has 0 aromatic carbocycles. The Labute approximate surface area is 115 Å². The normalized spacial score (nSPS) is 26.4. The van der Waals surface area contributed by atoms with Gasteiger partial charge in [-0.05, 0) is 32.1 Å². The number of hydrogen-bond acceptors (Lipinski definition) is 4. The third-order valence-corrected chi connectivity index (χ3v) is 3.94. The minimum atomic E-state index is -0.822. The molecule has 7 heteroatoms. The average Bonchev–Trinajstić information content (AvgIpc) is 2.34. The molecule has 3 unspecified atom stereocenters. The van der Waals surface area contributed by atoms with Crippen LogP contribution in [0.3, 0.4) is 0 Å². The molecular formula is C13H19N3O4. The van der Waals surface area contributed by atoms with Gasteiger partial charge in [0.2, 0.25) is 0 Å². The number of hydrogen-bond donors (Lipinski definition) is 3. The van der Waals surface area contributed by atoms with Crippen molar-refractivity contribution in [3.63, 3.8) is 0 Å². The highest BCUT2D eigenvalue weighted by Crippen LogP contribution is 2.32. The highest BCUT2D eigenvalue weighted by molar-refractivity contribution is 5.67. The lowest BCUT2D eigenvalue weighted by atomic mass is 9.81. The van der Waals surface area contributed by atoms with Crippen molar-refractivity contribution in [2.75, 3.05) is 0 Å². The monoisotopic (exact) mass is 281 g/mol. The average molecular weight is 281 g/mol. The number of carboxylic acid groups (broad SMARTS) is 1. The van der Waals surface area contributed by atoms with Gasteiger partial charge < -0.3 is 10.8 Å². The number of rotatable bonds is 3. The highest BCUT2D eigenvalue weighted by Gasteiger charge is 2.30. The Morgan fingerprint density at radius 1 is 1.50 bits per heavy atom. The van der Waals surface area contributed by atoms with Gasteiger partial charge in [0.1, 0.15) is 0 Å². The van der Waals surface area contributed by atoms with Crippen LogP contribution in [0.4, 0.5) is 0 Å². The molecular weight excluding hydrogens is 262 g/mol. The van der Waals surface area contributed by atoms with Crippen LogP contribution < -0.4 is 17.0 Å². The van der Waals surface area contributed by atoms with E-state index >= 15 is 0 Å². The van der Waals surface area contributed by atoms with E-state index in [-0.39, 0.29) is 30.0 Å². The quantitative estimate of drug-likeness (QED) is 0.720. The smallest absolute Gasteiger partial charge is 0.328 e. The second-order valence-electron chi connectivity index (χ2n) is 5.49. The van der Waals surface area contributed by atoms with Crippen LogP contribution in [0.1, 0.15) is 37.3 Å². The third-order valence-electron chi connectivity index (χ3n) is 3.94. The Bertz CT molecular complexity index is 619. The minimum absolute atomic E-state index is 0.0540. The Morgan fingerprint density at radius 2 is 2.20 bits per heavy atom. The van der Waals surface area contributed by atoms with E-state index in [9.17, 15) is 14.4 Å². The maximum Gasteiger partial charge on any atom is 0.328 e. The van der Waals surface area contributed by atoms with Crippen molar-refractivity contribution in [1.82, 2.24) is 9.55 Å². The molecule has 1 saturated carbocycles. The van der Waals surface area contributed by atoms with Gasteiger partial charge in [-0.3, -0.25) is 19.1 Å². The molecule has 0 amide bonds. The van der Waals surface area contributed by atoms with Crippen molar-refractivity contribution in [2.24, 2.45) is 11.7 Å². The molecule has 0 aliphatic heterocycles. The van der Waals surface area contributed by atoms with E-state index in [1.165, 1.54) is 10.8 Å². The Balaban J connectivity index is 2.19. The zero-order chi connectivity index (χ0) is 14.9. The highest BCUT2D eigenvalue weighted by atomic mass is 16.4. The molecule has 110 valence electrons. The molecule has 2 rings (SSSR count). The van der Waals surface area contributed by atoms with Gasteiger partial charge in [0.15, 0.2) is 0 Å². The van der Waals surface area contributed by atoms with Gasteiger partial charge in [-0.2, -0.15) is 0 Å². The van der Waals surface area contributed by atoms with Gasteiger partial charge in [-0.15, -0.1) is 0 Å². The first-order valence-electron chi connectivity index (χ1n) is 6.68. The van der Waals surface area contributed by atoms with Crippen LogP contribution >= 0.6 is 0 Å². The fraction of sp³-hybridized carbons (Fsp3) is 0.615. The summed E-state index contributed by atoms with van der Waals surface area (Å²) in [4.78, 5) is 36.2. The number of aromatic nitrogens is 2. The fourth-order valence-electron chi connectivity index (χ4n) is 2.89. The van der Waals surface area contributed by atoms with Crippen LogP contribution in [0.2, 0.25) is 0 Å². The maximum atomic E-state index is 11.9. The molecule has 0 saturated heterocycles. The number of nitrogens with one attached hydrogen (secondary N) is 1. The van der Waals surface area contributed by atoms with Gasteiger partial charge >= 0.3 is 11.7 Å². The van der Waals surface area contributed by atoms with Crippen molar-refractivity contribution < 1.29 is 9.90 Å². The molecule has 1 aliphatic rings. The zero-order valence-electron chi connectivity index (χ0n) is 11.3. The van der Waals surface area contributed by atoms with E-state index in [4.69, 9.17) is 10.8 Å². The molecule has 0 radical (unpaired) electrons. The standard InChI is InChI=1S/C13H19N3O4/c1-7-6-16(13(20)15-12(7)19)10-3-2-8(4-9(10)14)5-11(17)18/h6,8-10H,2-5,14H2,1H3,(H,17,18)(H,15,19,20). The molecule has 20 heavy (non-hydrogen) atoms. The molecule has 4 N–H and O–H groups in total. The van der Waals surface area contributed by atoms with Crippen LogP contribution in [0.25, 0.3) is 0 Å². The summed E-state index contributed by atoms with van der Waals surface area (Å²) in [6.45, 7) is 1.64. The summed E-state index contributed by atoms with van der Waals surface area (Å²) >= 11 is 0. The number of aromatic amines is 1. The summed E-state index contributed by atoms with van der Waals surface area (Å²) in [5.74, 6) is -0.768. The predicted molar refractivity (Wildman–Crippen MR) is 72.7 cm³/mol. The number of aliphatic carboxylic acids is 1. The van der Waals surface area contributed by atoms with Crippen molar-refractivity contribution in [3.05, 3.63) is 32.6 Å². The summed E-state index contributed by atoms with van der Waals surface area (Å²) < 4.78 is 1.47. The van der Waals surface area contributed by atoms with E-state index in [1.54, 1.807) is 6.92 Å². The second kappa shape index (κ2) is 5.62. The molecule has 1 aromatic rings. The van der Waals surface area contributed by atoms with E-state index in [0.717, 1.165) is 6.42 Å². The third kappa shape index (κ3) is 2.98. The van der Waals surface area contributed by atoms with Crippen LogP contribution in [0.15, 0.2) is 15.8 Å². The topological polar surface area (TPSA) is 118 Å². The van der Waals surface area contributed by atoms with Crippen molar-refractivity contribution in [2.45, 2.75) is 44.7 Å². The lowest BCUT2D eigenvalue weighted by molar-refractivity contribution is -0.138. The number of aryl methyl sites for hydroxylation is 1. The van der Waals surface area contributed by atoms with E-state index < -0.39 is 11.7 Å². The first-order valence-corrected chi connectivity index (χ1v) is 6.68. The van der Waals surface area contributed by atoms with Crippen LogP contribution in [-0.4, -0.2) is 26.7 Å². The predicted octanol–water partition coefficient (Wildman–Crippen LogP) is -0.0118. The van der Waals surface area contributed by atoms with Crippen LogP contribution in [-0.2, 0) is 4.79 Å². The Morgan fingerprint density at radius 3 is 2.80 bits per heavy atom. The van der Waals surface area contributed by atoms with Crippen LogP contribution in [0, 0.1) is 12.8 Å². The lowest BCUT2D eigenvalue weighted by Gasteiger charge is -2.34. The number of nitrogens with two attached hydrogens (primary N) is 1. The fourth-order valence-corrected chi connectivity index (χ4v) is 2.89. The van der Waals surface area contributed by atoms with Crippen molar-refractivity contribution in [1.29, 1.82) is 0 Å². The molecule has 7 nitrogen and oxygen atoms in total. The Kier molecular flexibility index (Phi) is 4.08. The largest absolute Gasteiger partial charge is 0.481 e. The molecule has 1 fully saturated rings. The second-order valence-corrected chi connectivity index (χ2v) is 5.49. The SMILES string of the molecule is Cc1cn(C2CCC(CC(=O)O)CC2N)c(=O)[nH]c1=O. The molecule has 0 spiro atoms. The van der Waals surface area contributed by atoms with E-state index in [1.807, 2.05) is 0 Å².